The molecule has 0 saturated carbocycles. The highest BCUT2D eigenvalue weighted by Gasteiger charge is 2.28. The molecule has 1 heterocycles. The van der Waals surface area contributed by atoms with Crippen LogP contribution in [0, 0.1) is 5.82 Å². The number of nitrogens with one attached hydrogen (secondary N) is 1. The van der Waals surface area contributed by atoms with Crippen LogP contribution in [0.3, 0.4) is 0 Å². The third-order valence-corrected chi connectivity index (χ3v) is 7.92. The summed E-state index contributed by atoms with van der Waals surface area (Å²) in [4.78, 5) is 15.0. The van der Waals surface area contributed by atoms with E-state index in [-0.39, 0.29) is 22.9 Å². The molecule has 202 valence electrons. The minimum absolute atomic E-state index is 0.106. The molecule has 1 saturated heterocycles. The highest BCUT2D eigenvalue weighted by Crippen LogP contribution is 2.32. The predicted molar refractivity (Wildman–Crippen MR) is 142 cm³/mol. The molecule has 1 aliphatic heterocycles. The highest BCUT2D eigenvalue weighted by atomic mass is 32.2. The second kappa shape index (κ2) is 12.1. The Bertz CT molecular complexity index is 1340. The van der Waals surface area contributed by atoms with Crippen molar-refractivity contribution in [3.8, 4) is 11.5 Å². The largest absolute Gasteiger partial charge is 0.493 e. The zero-order valence-electron chi connectivity index (χ0n) is 21.2. The molecule has 0 bridgehead atoms. The smallest absolute Gasteiger partial charge is 0.264 e. The molecule has 0 atom stereocenters. The molecule has 1 fully saturated rings. The molecular formula is C27H30FN3O6S. The van der Waals surface area contributed by atoms with Crippen molar-refractivity contribution in [3.05, 3.63) is 78.1 Å². The number of halogens is 1. The third-order valence-electron chi connectivity index (χ3n) is 6.15. The van der Waals surface area contributed by atoms with Crippen LogP contribution in [0.4, 0.5) is 15.8 Å². The van der Waals surface area contributed by atoms with Crippen LogP contribution in [0.25, 0.3) is 0 Å². The molecule has 0 spiro atoms. The van der Waals surface area contributed by atoms with Crippen molar-refractivity contribution < 1.29 is 31.8 Å². The average Bonchev–Trinajstić information content (AvgIpc) is 2.95. The lowest BCUT2D eigenvalue weighted by atomic mass is 10.2. The van der Waals surface area contributed by atoms with Crippen molar-refractivity contribution in [1.29, 1.82) is 0 Å². The first-order chi connectivity index (χ1) is 18.3. The molecule has 3 aromatic carbocycles. The van der Waals surface area contributed by atoms with Crippen LogP contribution in [-0.4, -0.2) is 61.4 Å². The SMILES string of the molecule is COc1ccc(S(=O)(=O)N(CC(=O)NCc2ccc(N3CCOCC3)cc2)c2ccc(F)cc2)cc1OC. The molecule has 0 radical (unpaired) electrons. The molecule has 38 heavy (non-hydrogen) atoms. The van der Waals surface area contributed by atoms with E-state index in [2.05, 4.69) is 10.2 Å². The van der Waals surface area contributed by atoms with Crippen LogP contribution >= 0.6 is 0 Å². The van der Waals surface area contributed by atoms with E-state index in [1.807, 2.05) is 24.3 Å². The van der Waals surface area contributed by atoms with E-state index in [9.17, 15) is 17.6 Å². The Hall–Kier alpha value is -3.83. The molecular weight excluding hydrogens is 513 g/mol. The Labute approximate surface area is 221 Å². The summed E-state index contributed by atoms with van der Waals surface area (Å²) >= 11 is 0. The second-order valence-electron chi connectivity index (χ2n) is 8.55. The number of carbonyl (C=O) groups excluding carboxylic acids is 1. The number of methoxy groups -OCH3 is 2. The van der Waals surface area contributed by atoms with Crippen molar-refractivity contribution in [1.82, 2.24) is 5.32 Å². The van der Waals surface area contributed by atoms with Gasteiger partial charge in [0.15, 0.2) is 11.5 Å². The van der Waals surface area contributed by atoms with Crippen molar-refractivity contribution in [2.45, 2.75) is 11.4 Å². The summed E-state index contributed by atoms with van der Waals surface area (Å²) in [7, 11) is -1.38. The van der Waals surface area contributed by atoms with Crippen LogP contribution in [0.5, 0.6) is 11.5 Å². The molecule has 9 nitrogen and oxygen atoms in total. The Morgan fingerprint density at radius 3 is 2.26 bits per heavy atom. The van der Waals surface area contributed by atoms with E-state index in [1.54, 1.807) is 0 Å². The molecule has 1 N–H and O–H groups in total. The molecule has 11 heteroatoms. The van der Waals surface area contributed by atoms with Crippen LogP contribution in [0.15, 0.2) is 71.6 Å². The fourth-order valence-electron chi connectivity index (χ4n) is 4.06. The zero-order chi connectivity index (χ0) is 27.1. The van der Waals surface area contributed by atoms with Crippen LogP contribution < -0.4 is 24.0 Å². The first kappa shape index (κ1) is 27.2. The summed E-state index contributed by atoms with van der Waals surface area (Å²) in [6.07, 6.45) is 0. The van der Waals surface area contributed by atoms with Crippen LogP contribution in [-0.2, 0) is 26.1 Å². The number of ether oxygens (including phenoxy) is 3. The summed E-state index contributed by atoms with van der Waals surface area (Å²) in [6.45, 7) is 2.74. The lowest BCUT2D eigenvalue weighted by Crippen LogP contribution is -2.40. The van der Waals surface area contributed by atoms with E-state index < -0.39 is 28.3 Å². The monoisotopic (exact) mass is 543 g/mol. The Balaban J connectivity index is 1.50. The zero-order valence-corrected chi connectivity index (χ0v) is 22.0. The predicted octanol–water partition coefficient (Wildman–Crippen LogP) is 3.19. The number of rotatable bonds is 10. The van der Waals surface area contributed by atoms with Gasteiger partial charge in [-0.25, -0.2) is 12.8 Å². The minimum atomic E-state index is -4.22. The number of benzene rings is 3. The lowest BCUT2D eigenvalue weighted by Gasteiger charge is -2.29. The van der Waals surface area contributed by atoms with E-state index in [1.165, 1.54) is 44.6 Å². The molecule has 1 aliphatic rings. The average molecular weight is 544 g/mol. The maximum atomic E-state index is 13.6. The summed E-state index contributed by atoms with van der Waals surface area (Å²) < 4.78 is 57.6. The number of hydrogen-bond acceptors (Lipinski definition) is 7. The normalized spacial score (nSPS) is 13.6. The van der Waals surface area contributed by atoms with Crippen LogP contribution in [0.2, 0.25) is 0 Å². The Morgan fingerprint density at radius 2 is 1.63 bits per heavy atom. The summed E-state index contributed by atoms with van der Waals surface area (Å²) in [5.41, 5.74) is 2.09. The minimum Gasteiger partial charge on any atom is -0.493 e. The van der Waals surface area contributed by atoms with Gasteiger partial charge in [-0.2, -0.15) is 0 Å². The standard InChI is InChI=1S/C27H30FN3O6S/c1-35-25-12-11-24(17-26(25)36-2)38(33,34)31(23-9-5-21(28)6-10-23)19-27(32)29-18-20-3-7-22(8-4-20)30-13-15-37-16-14-30/h3-12,17H,13-16,18-19H2,1-2H3,(H,29,32). The summed E-state index contributed by atoms with van der Waals surface area (Å²) in [6, 6.07) is 16.9. The van der Waals surface area contributed by atoms with E-state index in [0.717, 1.165) is 40.8 Å². The maximum Gasteiger partial charge on any atom is 0.264 e. The van der Waals surface area contributed by atoms with Gasteiger partial charge in [0.25, 0.3) is 10.0 Å². The fraction of sp³-hybridized carbons (Fsp3) is 0.296. The lowest BCUT2D eigenvalue weighted by molar-refractivity contribution is -0.119. The molecule has 1 amide bonds. The van der Waals surface area contributed by atoms with Gasteiger partial charge in [0, 0.05) is 31.4 Å². The van der Waals surface area contributed by atoms with E-state index in [4.69, 9.17) is 14.2 Å². The Kier molecular flexibility index (Phi) is 8.70. The van der Waals surface area contributed by atoms with Gasteiger partial charge in [-0.15, -0.1) is 0 Å². The number of amides is 1. The number of anilines is 2. The van der Waals surface area contributed by atoms with Gasteiger partial charge in [-0.05, 0) is 54.1 Å². The van der Waals surface area contributed by atoms with Crippen LogP contribution in [0.1, 0.15) is 5.56 Å². The number of nitrogens with zero attached hydrogens (tertiary/aromatic N) is 2. The molecule has 0 unspecified atom stereocenters. The maximum absolute atomic E-state index is 13.6. The van der Waals surface area contributed by atoms with Gasteiger partial charge in [-0.1, -0.05) is 12.1 Å². The van der Waals surface area contributed by atoms with Gasteiger partial charge in [-0.3, -0.25) is 9.10 Å². The number of carbonyl (C=O) groups is 1. The molecule has 0 aliphatic carbocycles. The van der Waals surface area contributed by atoms with Gasteiger partial charge < -0.3 is 24.4 Å². The highest BCUT2D eigenvalue weighted by molar-refractivity contribution is 7.92. The van der Waals surface area contributed by atoms with Gasteiger partial charge in [0.05, 0.1) is 38.0 Å². The van der Waals surface area contributed by atoms with Crippen molar-refractivity contribution in [2.24, 2.45) is 0 Å². The van der Waals surface area contributed by atoms with Gasteiger partial charge in [0.2, 0.25) is 5.91 Å². The van der Waals surface area contributed by atoms with Gasteiger partial charge >= 0.3 is 0 Å². The number of morpholine rings is 1. The topological polar surface area (TPSA) is 97.4 Å². The first-order valence-corrected chi connectivity index (χ1v) is 13.4. The quantitative estimate of drug-likeness (QED) is 0.420. The second-order valence-corrected chi connectivity index (χ2v) is 10.4. The van der Waals surface area contributed by atoms with Crippen molar-refractivity contribution >= 4 is 27.3 Å². The third kappa shape index (κ3) is 6.35. The van der Waals surface area contributed by atoms with Gasteiger partial charge in [0.1, 0.15) is 12.4 Å². The van der Waals surface area contributed by atoms with E-state index in [0.29, 0.717) is 19.0 Å². The molecule has 4 rings (SSSR count). The molecule has 3 aromatic rings. The van der Waals surface area contributed by atoms with Crippen molar-refractivity contribution in [2.75, 3.05) is 56.3 Å². The number of sulfonamides is 1. The van der Waals surface area contributed by atoms with E-state index >= 15 is 0 Å². The van der Waals surface area contributed by atoms with Crippen molar-refractivity contribution in [3.63, 3.8) is 0 Å². The summed E-state index contributed by atoms with van der Waals surface area (Å²) in [5.74, 6) is -0.465. The summed E-state index contributed by atoms with van der Waals surface area (Å²) in [5, 5.41) is 2.78. The number of hydrogen-bond donors (Lipinski definition) is 1. The first-order valence-electron chi connectivity index (χ1n) is 12.0. The Morgan fingerprint density at radius 1 is 0.974 bits per heavy atom. The fourth-order valence-corrected chi connectivity index (χ4v) is 5.50. The molecule has 0 aromatic heterocycles.